The molecule has 0 saturated carbocycles. The highest BCUT2D eigenvalue weighted by atomic mass is 79.9. The number of carboxylic acid groups (broad SMARTS) is 2. The van der Waals surface area contributed by atoms with E-state index < -0.39 is 18.0 Å². The van der Waals surface area contributed by atoms with E-state index >= 15 is 0 Å². The number of halogens is 1. The molecule has 1 fully saturated rings. The van der Waals surface area contributed by atoms with Crippen LogP contribution in [-0.4, -0.2) is 44.7 Å². The Hall–Kier alpha value is -1.86. The van der Waals surface area contributed by atoms with Crippen molar-refractivity contribution in [1.82, 2.24) is 9.47 Å². The number of hydrogen-bond donors (Lipinski definition) is 2. The maximum Gasteiger partial charge on any atom is 0.325 e. The molecule has 1 aliphatic heterocycles. The Bertz CT molecular complexity index is 796. The summed E-state index contributed by atoms with van der Waals surface area (Å²) in [6.45, 7) is 1.86. The first-order valence-electron chi connectivity index (χ1n) is 8.44. The topological polar surface area (TPSA) is 82.8 Å². The molecule has 7 heteroatoms. The van der Waals surface area contributed by atoms with Gasteiger partial charge in [0.15, 0.2) is 0 Å². The average Bonchev–Trinajstić information content (AvgIpc) is 2.91. The van der Waals surface area contributed by atoms with Gasteiger partial charge in [-0.05, 0) is 38.1 Å². The third-order valence-electron chi connectivity index (χ3n) is 4.73. The van der Waals surface area contributed by atoms with E-state index in [2.05, 4.69) is 15.9 Å². The van der Waals surface area contributed by atoms with Gasteiger partial charge in [0, 0.05) is 33.7 Å². The van der Waals surface area contributed by atoms with Crippen LogP contribution in [0.2, 0.25) is 0 Å². The number of piperidine rings is 1. The molecular weight excluding hydrogens is 388 g/mol. The highest BCUT2D eigenvalue weighted by Gasteiger charge is 2.31. The van der Waals surface area contributed by atoms with Crippen molar-refractivity contribution in [1.29, 1.82) is 0 Å². The number of rotatable bonds is 6. The first-order chi connectivity index (χ1) is 12.0. The Morgan fingerprint density at radius 3 is 2.52 bits per heavy atom. The number of likely N-dealkylation sites (tertiary alicyclic amines) is 1. The fraction of sp³-hybridized carbons (Fsp3) is 0.444. The minimum absolute atomic E-state index is 0.00279. The van der Waals surface area contributed by atoms with E-state index in [0.29, 0.717) is 6.54 Å². The Morgan fingerprint density at radius 2 is 1.88 bits per heavy atom. The van der Waals surface area contributed by atoms with E-state index in [1.165, 1.54) is 0 Å². The van der Waals surface area contributed by atoms with Crippen molar-refractivity contribution in [3.63, 3.8) is 0 Å². The van der Waals surface area contributed by atoms with E-state index in [1.807, 2.05) is 33.9 Å². The summed E-state index contributed by atoms with van der Waals surface area (Å²) in [6.07, 6.45) is 4.96. The van der Waals surface area contributed by atoms with E-state index in [1.54, 1.807) is 0 Å². The first kappa shape index (κ1) is 17.9. The van der Waals surface area contributed by atoms with Gasteiger partial charge in [0.1, 0.15) is 6.04 Å². The van der Waals surface area contributed by atoms with Gasteiger partial charge >= 0.3 is 11.9 Å². The van der Waals surface area contributed by atoms with Gasteiger partial charge in [0.25, 0.3) is 0 Å². The summed E-state index contributed by atoms with van der Waals surface area (Å²) < 4.78 is 2.73. The first-order valence-corrected chi connectivity index (χ1v) is 9.23. The molecule has 1 atom stereocenters. The van der Waals surface area contributed by atoms with Gasteiger partial charge in [-0.25, -0.2) is 0 Å². The van der Waals surface area contributed by atoms with E-state index in [0.717, 1.165) is 53.3 Å². The summed E-state index contributed by atoms with van der Waals surface area (Å²) in [6, 6.07) is 5.01. The molecule has 0 aliphatic carbocycles. The number of nitrogens with zero attached hydrogens (tertiary/aromatic N) is 2. The zero-order chi connectivity index (χ0) is 18.0. The molecule has 0 amide bonds. The van der Waals surface area contributed by atoms with Gasteiger partial charge in [0.2, 0.25) is 0 Å². The lowest BCUT2D eigenvalue weighted by molar-refractivity contribution is -0.144. The Kier molecular flexibility index (Phi) is 5.44. The van der Waals surface area contributed by atoms with Gasteiger partial charge in [-0.15, -0.1) is 0 Å². The van der Waals surface area contributed by atoms with Gasteiger partial charge < -0.3 is 14.8 Å². The molecule has 2 N–H and O–H groups in total. The smallest absolute Gasteiger partial charge is 0.325 e. The quantitative estimate of drug-likeness (QED) is 0.763. The fourth-order valence-electron chi connectivity index (χ4n) is 3.57. The number of aliphatic carboxylic acids is 2. The lowest BCUT2D eigenvalue weighted by Gasteiger charge is -2.31. The monoisotopic (exact) mass is 408 g/mol. The number of hydrogen-bond acceptors (Lipinski definition) is 3. The highest BCUT2D eigenvalue weighted by Crippen LogP contribution is 2.33. The summed E-state index contributed by atoms with van der Waals surface area (Å²) in [5.74, 6) is -1.73. The van der Waals surface area contributed by atoms with E-state index in [-0.39, 0.29) is 6.42 Å². The second-order valence-corrected chi connectivity index (χ2v) is 7.34. The summed E-state index contributed by atoms with van der Waals surface area (Å²) in [5, 5.41) is 19.7. The molecule has 2 heterocycles. The molecule has 1 aromatic heterocycles. The van der Waals surface area contributed by atoms with Crippen LogP contribution < -0.4 is 0 Å². The van der Waals surface area contributed by atoms with Crippen LogP contribution in [0.3, 0.4) is 0 Å². The van der Waals surface area contributed by atoms with Crippen molar-refractivity contribution in [3.8, 4) is 0 Å². The molecule has 25 heavy (non-hydrogen) atoms. The van der Waals surface area contributed by atoms with Crippen molar-refractivity contribution in [2.75, 3.05) is 13.1 Å². The second kappa shape index (κ2) is 7.58. The zero-order valence-electron chi connectivity index (χ0n) is 13.8. The van der Waals surface area contributed by atoms with Crippen LogP contribution in [0.4, 0.5) is 0 Å². The molecule has 0 unspecified atom stereocenters. The molecule has 2 aromatic rings. The molecule has 6 nitrogen and oxygen atoms in total. The molecule has 0 spiro atoms. The standard InChI is InChI=1S/C18H21BrN2O4/c19-12-4-5-13-14(11-21(15(13)10-12)9-6-16(22)23)17(18(24)25)20-7-2-1-3-8-20/h4-5,10-11,17H,1-3,6-9H2,(H,22,23)(H,24,25)/t17-/m0/s1. The zero-order valence-corrected chi connectivity index (χ0v) is 15.4. The lowest BCUT2D eigenvalue weighted by atomic mass is 10.0. The van der Waals surface area contributed by atoms with Gasteiger partial charge in [0.05, 0.1) is 6.42 Å². The van der Waals surface area contributed by atoms with Crippen LogP contribution in [-0.2, 0) is 16.1 Å². The Morgan fingerprint density at radius 1 is 1.16 bits per heavy atom. The minimum Gasteiger partial charge on any atom is -0.481 e. The van der Waals surface area contributed by atoms with Crippen molar-refractivity contribution in [2.45, 2.75) is 38.3 Å². The van der Waals surface area contributed by atoms with Crippen molar-refractivity contribution < 1.29 is 19.8 Å². The molecule has 0 bridgehead atoms. The highest BCUT2D eigenvalue weighted by molar-refractivity contribution is 9.10. The number of aromatic nitrogens is 1. The Balaban J connectivity index is 2.06. The normalized spacial score (nSPS) is 16.8. The SMILES string of the molecule is O=C(O)CCn1cc([C@@H](C(=O)O)N2CCCCC2)c2ccc(Br)cc21. The van der Waals surface area contributed by atoms with E-state index in [4.69, 9.17) is 5.11 Å². The Labute approximate surface area is 154 Å². The second-order valence-electron chi connectivity index (χ2n) is 6.42. The molecule has 134 valence electrons. The van der Waals surface area contributed by atoms with Crippen LogP contribution in [0, 0.1) is 0 Å². The summed E-state index contributed by atoms with van der Waals surface area (Å²) in [5.41, 5.74) is 1.59. The number of carbonyl (C=O) groups is 2. The van der Waals surface area contributed by atoms with Crippen LogP contribution in [0.1, 0.15) is 37.3 Å². The fourth-order valence-corrected chi connectivity index (χ4v) is 3.92. The largest absolute Gasteiger partial charge is 0.481 e. The molecule has 1 aliphatic rings. The van der Waals surface area contributed by atoms with Crippen LogP contribution in [0.5, 0.6) is 0 Å². The van der Waals surface area contributed by atoms with Gasteiger partial charge in [-0.1, -0.05) is 28.4 Å². The number of aryl methyl sites for hydroxylation is 1. The number of benzene rings is 1. The van der Waals surface area contributed by atoms with Gasteiger partial charge in [-0.2, -0.15) is 0 Å². The molecule has 0 radical (unpaired) electrons. The van der Waals surface area contributed by atoms with Gasteiger partial charge in [-0.3, -0.25) is 14.5 Å². The number of fused-ring (bicyclic) bond motifs is 1. The molecule has 3 rings (SSSR count). The molecule has 1 saturated heterocycles. The lowest BCUT2D eigenvalue weighted by Crippen LogP contribution is -2.37. The third kappa shape index (κ3) is 3.88. The third-order valence-corrected chi connectivity index (χ3v) is 5.22. The van der Waals surface area contributed by atoms with Crippen LogP contribution >= 0.6 is 15.9 Å². The maximum atomic E-state index is 12.0. The summed E-state index contributed by atoms with van der Waals surface area (Å²) >= 11 is 3.44. The average molecular weight is 409 g/mol. The molecular formula is C18H21BrN2O4. The molecule has 1 aromatic carbocycles. The van der Waals surface area contributed by atoms with E-state index in [9.17, 15) is 14.7 Å². The van der Waals surface area contributed by atoms with Crippen LogP contribution in [0.25, 0.3) is 10.9 Å². The van der Waals surface area contributed by atoms with Crippen LogP contribution in [0.15, 0.2) is 28.9 Å². The number of carboxylic acids is 2. The minimum atomic E-state index is -0.871. The van der Waals surface area contributed by atoms with Crippen molar-refractivity contribution >= 4 is 38.8 Å². The summed E-state index contributed by atoms with van der Waals surface area (Å²) in [7, 11) is 0. The summed E-state index contributed by atoms with van der Waals surface area (Å²) in [4.78, 5) is 25.0. The van der Waals surface area contributed by atoms with Crippen molar-refractivity contribution in [2.24, 2.45) is 0 Å². The van der Waals surface area contributed by atoms with Crippen molar-refractivity contribution in [3.05, 3.63) is 34.4 Å². The maximum absolute atomic E-state index is 12.0. The predicted octanol–water partition coefficient (Wildman–Crippen LogP) is 3.49. The predicted molar refractivity (Wildman–Crippen MR) is 97.7 cm³/mol.